The van der Waals surface area contributed by atoms with Crippen LogP contribution in [0.4, 0.5) is 0 Å². The lowest BCUT2D eigenvalue weighted by Gasteiger charge is -2.20. The van der Waals surface area contributed by atoms with Gasteiger partial charge >= 0.3 is 5.97 Å². The Kier molecular flexibility index (Phi) is 4.95. The van der Waals surface area contributed by atoms with Gasteiger partial charge in [-0.15, -0.1) is 0 Å². The maximum absolute atomic E-state index is 12.3. The van der Waals surface area contributed by atoms with Crippen LogP contribution in [0.2, 0.25) is 5.02 Å². The standard InChI is InChI=1S/C12H16ClNO4S/c1-8-4-5-11(10(13)6-8)19(17,18)14(3)7-9(2)12(15)16/h4-6,9H,7H2,1-3H3,(H,15,16). The number of sulfonamides is 1. The number of aliphatic carboxylic acids is 1. The van der Waals surface area contributed by atoms with Crippen LogP contribution in [-0.4, -0.2) is 37.4 Å². The molecule has 0 aromatic heterocycles. The number of hydrogen-bond acceptors (Lipinski definition) is 3. The number of benzene rings is 1. The Morgan fingerprint density at radius 3 is 2.53 bits per heavy atom. The Morgan fingerprint density at radius 2 is 2.05 bits per heavy atom. The Hall–Kier alpha value is -1.11. The van der Waals surface area contributed by atoms with Crippen LogP contribution in [0.15, 0.2) is 23.1 Å². The van der Waals surface area contributed by atoms with E-state index >= 15 is 0 Å². The number of carboxylic acid groups (broad SMARTS) is 1. The van der Waals surface area contributed by atoms with E-state index in [0.717, 1.165) is 9.87 Å². The van der Waals surface area contributed by atoms with Gasteiger partial charge in [-0.25, -0.2) is 12.7 Å². The van der Waals surface area contributed by atoms with E-state index in [0.29, 0.717) is 0 Å². The molecule has 0 saturated heterocycles. The fourth-order valence-electron chi connectivity index (χ4n) is 1.54. The summed E-state index contributed by atoms with van der Waals surface area (Å²) < 4.78 is 25.5. The summed E-state index contributed by atoms with van der Waals surface area (Å²) in [5.41, 5.74) is 0.852. The van der Waals surface area contributed by atoms with Crippen molar-refractivity contribution in [3.05, 3.63) is 28.8 Å². The average Bonchev–Trinajstić information content (AvgIpc) is 2.27. The molecule has 0 radical (unpaired) electrons. The summed E-state index contributed by atoms with van der Waals surface area (Å²) in [4.78, 5) is 10.7. The van der Waals surface area contributed by atoms with Gasteiger partial charge in [0.25, 0.3) is 0 Å². The van der Waals surface area contributed by atoms with Gasteiger partial charge in [0.1, 0.15) is 4.90 Å². The maximum atomic E-state index is 12.3. The van der Waals surface area contributed by atoms with Crippen LogP contribution in [0.3, 0.4) is 0 Å². The van der Waals surface area contributed by atoms with Gasteiger partial charge in [-0.1, -0.05) is 24.6 Å². The Bertz CT molecular complexity index is 585. The third kappa shape index (κ3) is 3.68. The minimum absolute atomic E-state index is 0.0140. The second kappa shape index (κ2) is 5.90. The van der Waals surface area contributed by atoms with E-state index in [1.807, 2.05) is 0 Å². The van der Waals surface area contributed by atoms with Crippen molar-refractivity contribution in [1.82, 2.24) is 4.31 Å². The first-order valence-electron chi connectivity index (χ1n) is 5.61. The second-order valence-electron chi connectivity index (χ2n) is 4.46. The number of rotatable bonds is 5. The molecule has 1 aromatic carbocycles. The second-order valence-corrected chi connectivity index (χ2v) is 6.88. The van der Waals surface area contributed by atoms with E-state index in [1.54, 1.807) is 19.1 Å². The van der Waals surface area contributed by atoms with Crippen LogP contribution in [0.25, 0.3) is 0 Å². The summed E-state index contributed by atoms with van der Waals surface area (Å²) in [6.45, 7) is 3.14. The van der Waals surface area contributed by atoms with Crippen LogP contribution < -0.4 is 0 Å². The predicted molar refractivity (Wildman–Crippen MR) is 72.8 cm³/mol. The monoisotopic (exact) mass is 305 g/mol. The van der Waals surface area contributed by atoms with E-state index in [1.165, 1.54) is 20.0 Å². The molecule has 0 bridgehead atoms. The summed E-state index contributed by atoms with van der Waals surface area (Å²) in [5.74, 6) is -1.83. The van der Waals surface area contributed by atoms with Crippen molar-refractivity contribution in [1.29, 1.82) is 0 Å². The van der Waals surface area contributed by atoms with Crippen molar-refractivity contribution in [2.45, 2.75) is 18.7 Å². The van der Waals surface area contributed by atoms with E-state index in [4.69, 9.17) is 16.7 Å². The lowest BCUT2D eigenvalue weighted by atomic mass is 10.2. The number of hydrogen-bond donors (Lipinski definition) is 1. The fourth-order valence-corrected chi connectivity index (χ4v) is 3.37. The number of nitrogens with zero attached hydrogens (tertiary/aromatic N) is 1. The van der Waals surface area contributed by atoms with E-state index in [2.05, 4.69) is 0 Å². The molecule has 0 aliphatic carbocycles. The van der Waals surface area contributed by atoms with E-state index in [-0.39, 0.29) is 16.5 Å². The molecule has 1 rings (SSSR count). The van der Waals surface area contributed by atoms with Gasteiger partial charge in [0.05, 0.1) is 10.9 Å². The largest absolute Gasteiger partial charge is 0.481 e. The lowest BCUT2D eigenvalue weighted by molar-refractivity contribution is -0.141. The van der Waals surface area contributed by atoms with Gasteiger partial charge in [-0.3, -0.25) is 4.79 Å². The molecule has 106 valence electrons. The molecular weight excluding hydrogens is 290 g/mol. The molecule has 5 nitrogen and oxygen atoms in total. The molecule has 0 saturated carbocycles. The highest BCUT2D eigenvalue weighted by Gasteiger charge is 2.26. The van der Waals surface area contributed by atoms with Crippen molar-refractivity contribution in [3.63, 3.8) is 0 Å². The highest BCUT2D eigenvalue weighted by molar-refractivity contribution is 7.89. The third-order valence-electron chi connectivity index (χ3n) is 2.73. The normalized spacial score (nSPS) is 13.5. The van der Waals surface area contributed by atoms with Gasteiger partial charge in [-0.2, -0.15) is 0 Å². The molecular formula is C12H16ClNO4S. The summed E-state index contributed by atoms with van der Waals surface area (Å²) in [6, 6.07) is 4.63. The van der Waals surface area contributed by atoms with Crippen molar-refractivity contribution < 1.29 is 18.3 Å². The van der Waals surface area contributed by atoms with Crippen molar-refractivity contribution in [3.8, 4) is 0 Å². The molecule has 1 unspecified atom stereocenters. The first-order chi connectivity index (χ1) is 8.66. The van der Waals surface area contributed by atoms with Gasteiger partial charge < -0.3 is 5.11 Å². The SMILES string of the molecule is Cc1ccc(S(=O)(=O)N(C)CC(C)C(=O)O)c(Cl)c1. The Labute approximate surface area is 117 Å². The van der Waals surface area contributed by atoms with Crippen LogP contribution >= 0.6 is 11.6 Å². The number of carbonyl (C=O) groups is 1. The minimum atomic E-state index is -3.78. The van der Waals surface area contributed by atoms with E-state index < -0.39 is 21.9 Å². The van der Waals surface area contributed by atoms with E-state index in [9.17, 15) is 13.2 Å². The highest BCUT2D eigenvalue weighted by atomic mass is 35.5. The zero-order valence-electron chi connectivity index (χ0n) is 10.9. The highest BCUT2D eigenvalue weighted by Crippen LogP contribution is 2.25. The Morgan fingerprint density at radius 1 is 1.47 bits per heavy atom. The predicted octanol–water partition coefficient (Wildman–Crippen LogP) is 1.99. The fraction of sp³-hybridized carbons (Fsp3) is 0.417. The molecule has 0 aliphatic rings. The van der Waals surface area contributed by atoms with Gasteiger partial charge in [-0.05, 0) is 24.6 Å². The zero-order chi connectivity index (χ0) is 14.8. The van der Waals surface area contributed by atoms with Crippen LogP contribution in [0.5, 0.6) is 0 Å². The van der Waals surface area contributed by atoms with Gasteiger partial charge in [0, 0.05) is 13.6 Å². The zero-order valence-corrected chi connectivity index (χ0v) is 12.5. The van der Waals surface area contributed by atoms with Crippen molar-refractivity contribution >= 4 is 27.6 Å². The summed E-state index contributed by atoms with van der Waals surface area (Å²) >= 11 is 5.94. The van der Waals surface area contributed by atoms with Crippen LogP contribution in [-0.2, 0) is 14.8 Å². The summed E-state index contributed by atoms with van der Waals surface area (Å²) in [7, 11) is -2.44. The molecule has 1 N–H and O–H groups in total. The topological polar surface area (TPSA) is 74.7 Å². The van der Waals surface area contributed by atoms with Crippen molar-refractivity contribution in [2.75, 3.05) is 13.6 Å². The molecule has 7 heteroatoms. The van der Waals surface area contributed by atoms with Gasteiger partial charge in [0.15, 0.2) is 0 Å². The summed E-state index contributed by atoms with van der Waals surface area (Å²) in [5, 5.41) is 8.94. The molecule has 0 amide bonds. The molecule has 1 atom stereocenters. The first kappa shape index (κ1) is 15.9. The third-order valence-corrected chi connectivity index (χ3v) is 5.03. The minimum Gasteiger partial charge on any atom is -0.481 e. The first-order valence-corrected chi connectivity index (χ1v) is 7.43. The molecule has 0 heterocycles. The molecule has 19 heavy (non-hydrogen) atoms. The van der Waals surface area contributed by atoms with Gasteiger partial charge in [0.2, 0.25) is 10.0 Å². The van der Waals surface area contributed by atoms with Crippen LogP contribution in [0, 0.1) is 12.8 Å². The smallest absolute Gasteiger partial charge is 0.307 e. The molecule has 0 spiro atoms. The number of aryl methyl sites for hydroxylation is 1. The van der Waals surface area contributed by atoms with Crippen molar-refractivity contribution in [2.24, 2.45) is 5.92 Å². The molecule has 0 aliphatic heterocycles. The average molecular weight is 306 g/mol. The van der Waals surface area contributed by atoms with Crippen LogP contribution in [0.1, 0.15) is 12.5 Å². The number of carboxylic acids is 1. The molecule has 1 aromatic rings. The molecule has 0 fully saturated rings. The lowest BCUT2D eigenvalue weighted by Crippen LogP contribution is -2.33. The number of halogens is 1. The maximum Gasteiger partial charge on any atom is 0.307 e. The quantitative estimate of drug-likeness (QED) is 0.902. The Balaban J connectivity index is 3.06. The summed E-state index contributed by atoms with van der Waals surface area (Å²) in [6.07, 6.45) is 0.